The lowest BCUT2D eigenvalue weighted by molar-refractivity contribution is -0.119. The molecule has 1 N–H and O–H groups in total. The van der Waals surface area contributed by atoms with E-state index in [0.717, 1.165) is 0 Å². The third-order valence-electron chi connectivity index (χ3n) is 2.80. The molecule has 0 atom stereocenters. The van der Waals surface area contributed by atoms with Crippen molar-refractivity contribution < 1.29 is 23.1 Å². The van der Waals surface area contributed by atoms with Crippen molar-refractivity contribution in [2.45, 2.75) is 10.7 Å². The Kier molecular flexibility index (Phi) is 6.74. The zero-order chi connectivity index (χ0) is 17.5. The highest BCUT2D eigenvalue weighted by Crippen LogP contribution is 2.25. The summed E-state index contributed by atoms with van der Waals surface area (Å²) in [4.78, 5) is 24.0. The first-order valence-corrected chi connectivity index (χ1v) is 8.39. The summed E-state index contributed by atoms with van der Waals surface area (Å²) in [6, 6.07) is 12.6. The van der Waals surface area contributed by atoms with E-state index in [1.165, 1.54) is 24.3 Å². The van der Waals surface area contributed by atoms with Crippen LogP contribution in [0.2, 0.25) is 0 Å². The van der Waals surface area contributed by atoms with Crippen molar-refractivity contribution in [3.63, 3.8) is 0 Å². The Labute approximate surface area is 149 Å². The van der Waals surface area contributed by atoms with Crippen LogP contribution >= 0.6 is 27.7 Å². The number of hydrogen-bond acceptors (Lipinski definition) is 4. The van der Waals surface area contributed by atoms with Gasteiger partial charge in [-0.25, -0.2) is 4.79 Å². The Balaban J connectivity index is 1.86. The molecule has 0 bridgehead atoms. The second kappa shape index (κ2) is 8.79. The Hall–Kier alpha value is -1.93. The molecule has 0 heterocycles. The molecule has 0 radical (unpaired) electrons. The van der Waals surface area contributed by atoms with Gasteiger partial charge in [-0.2, -0.15) is 8.78 Å². The van der Waals surface area contributed by atoms with E-state index in [4.69, 9.17) is 4.74 Å². The normalized spacial score (nSPS) is 10.5. The van der Waals surface area contributed by atoms with E-state index in [2.05, 4.69) is 21.2 Å². The molecule has 4 nitrogen and oxygen atoms in total. The van der Waals surface area contributed by atoms with Crippen molar-refractivity contribution in [3.8, 4) is 0 Å². The predicted octanol–water partition coefficient (Wildman–Crippen LogP) is 4.56. The number of amides is 1. The summed E-state index contributed by atoms with van der Waals surface area (Å²) in [5.74, 6) is -3.71. The van der Waals surface area contributed by atoms with Crippen molar-refractivity contribution in [3.05, 3.63) is 58.6 Å². The van der Waals surface area contributed by atoms with Crippen LogP contribution in [0.3, 0.4) is 0 Å². The lowest BCUT2D eigenvalue weighted by Gasteiger charge is -2.08. The molecular weight excluding hydrogens is 404 g/mol. The Morgan fingerprint density at radius 1 is 1.12 bits per heavy atom. The van der Waals surface area contributed by atoms with Gasteiger partial charge in [0.1, 0.15) is 0 Å². The molecule has 1 amide bonds. The maximum Gasteiger partial charge on any atom is 0.338 e. The van der Waals surface area contributed by atoms with E-state index in [1.54, 1.807) is 24.3 Å². The number of esters is 1. The van der Waals surface area contributed by atoms with Crippen LogP contribution in [0.1, 0.15) is 10.4 Å². The summed E-state index contributed by atoms with van der Waals surface area (Å²) < 4.78 is 30.0. The molecular formula is C16H12BrF2NO3S. The summed E-state index contributed by atoms with van der Waals surface area (Å²) in [5, 5.41) is 2.60. The standard InChI is InChI=1S/C16H12BrF2NO3S/c17-12-3-1-2-4-13(12)20-14(21)9-23-15(22)10-5-7-11(8-6-10)24-16(18)19/h1-8,16H,9H2,(H,20,21). The van der Waals surface area contributed by atoms with Crippen LogP contribution in [0.4, 0.5) is 14.5 Å². The Morgan fingerprint density at radius 2 is 1.79 bits per heavy atom. The van der Waals surface area contributed by atoms with Crippen LogP contribution in [0.15, 0.2) is 57.9 Å². The lowest BCUT2D eigenvalue weighted by Crippen LogP contribution is -2.21. The zero-order valence-corrected chi connectivity index (χ0v) is 14.6. The summed E-state index contributed by atoms with van der Waals surface area (Å²) in [5.41, 5.74) is 0.745. The maximum atomic E-state index is 12.2. The number of rotatable bonds is 6. The smallest absolute Gasteiger partial charge is 0.338 e. The molecule has 0 spiro atoms. The molecule has 2 rings (SSSR count). The van der Waals surface area contributed by atoms with Crippen molar-refractivity contribution in [2.75, 3.05) is 11.9 Å². The minimum Gasteiger partial charge on any atom is -0.452 e. The van der Waals surface area contributed by atoms with Crippen LogP contribution in [-0.2, 0) is 9.53 Å². The first-order valence-electron chi connectivity index (χ1n) is 6.72. The molecule has 0 saturated carbocycles. The van der Waals surface area contributed by atoms with E-state index in [-0.39, 0.29) is 5.56 Å². The third-order valence-corrected chi connectivity index (χ3v) is 4.21. The molecule has 126 valence electrons. The third kappa shape index (κ3) is 5.61. The molecule has 0 aliphatic heterocycles. The maximum absolute atomic E-state index is 12.2. The van der Waals surface area contributed by atoms with Crippen molar-refractivity contribution in [1.82, 2.24) is 0 Å². The molecule has 0 fully saturated rings. The van der Waals surface area contributed by atoms with Crippen molar-refractivity contribution >= 4 is 45.3 Å². The number of nitrogens with one attached hydrogen (secondary N) is 1. The minimum atomic E-state index is -2.52. The van der Waals surface area contributed by atoms with Gasteiger partial charge in [0, 0.05) is 9.37 Å². The summed E-state index contributed by atoms with van der Waals surface area (Å²) >= 11 is 3.67. The topological polar surface area (TPSA) is 55.4 Å². The molecule has 0 aromatic heterocycles. The van der Waals surface area contributed by atoms with Crippen LogP contribution in [0.25, 0.3) is 0 Å². The largest absolute Gasteiger partial charge is 0.452 e. The fourth-order valence-corrected chi connectivity index (χ4v) is 2.62. The Bertz CT molecular complexity index is 726. The van der Waals surface area contributed by atoms with Gasteiger partial charge in [0.15, 0.2) is 6.61 Å². The fraction of sp³-hybridized carbons (Fsp3) is 0.125. The highest BCUT2D eigenvalue weighted by molar-refractivity contribution is 9.10. The molecule has 0 aliphatic carbocycles. The fourth-order valence-electron chi connectivity index (χ4n) is 1.74. The van der Waals surface area contributed by atoms with Crippen LogP contribution < -0.4 is 5.32 Å². The molecule has 8 heteroatoms. The van der Waals surface area contributed by atoms with E-state index < -0.39 is 24.2 Å². The average molecular weight is 416 g/mol. The van der Waals surface area contributed by atoms with Gasteiger partial charge < -0.3 is 10.1 Å². The van der Waals surface area contributed by atoms with Crippen LogP contribution in [-0.4, -0.2) is 24.2 Å². The number of benzene rings is 2. The number of para-hydroxylation sites is 1. The number of anilines is 1. The first-order chi connectivity index (χ1) is 11.5. The van der Waals surface area contributed by atoms with Crippen molar-refractivity contribution in [2.24, 2.45) is 0 Å². The minimum absolute atomic E-state index is 0.183. The summed E-state index contributed by atoms with van der Waals surface area (Å²) in [6.45, 7) is -0.451. The molecule has 24 heavy (non-hydrogen) atoms. The summed E-state index contributed by atoms with van der Waals surface area (Å²) in [7, 11) is 0. The molecule has 2 aromatic carbocycles. The highest BCUT2D eigenvalue weighted by Gasteiger charge is 2.12. The Morgan fingerprint density at radius 3 is 2.42 bits per heavy atom. The van der Waals surface area contributed by atoms with Gasteiger partial charge in [-0.1, -0.05) is 23.9 Å². The van der Waals surface area contributed by atoms with Gasteiger partial charge in [-0.15, -0.1) is 0 Å². The number of ether oxygens (including phenoxy) is 1. The van der Waals surface area contributed by atoms with Crippen LogP contribution in [0, 0.1) is 0 Å². The van der Waals surface area contributed by atoms with E-state index in [9.17, 15) is 18.4 Å². The molecule has 0 saturated heterocycles. The van der Waals surface area contributed by atoms with E-state index in [1.807, 2.05) is 0 Å². The molecule has 0 aliphatic rings. The van der Waals surface area contributed by atoms with Crippen LogP contribution in [0.5, 0.6) is 0 Å². The molecule has 2 aromatic rings. The van der Waals surface area contributed by atoms with E-state index in [0.29, 0.717) is 26.8 Å². The number of carbonyl (C=O) groups is 2. The van der Waals surface area contributed by atoms with Crippen molar-refractivity contribution in [1.29, 1.82) is 0 Å². The number of alkyl halides is 2. The molecule has 0 unspecified atom stereocenters. The zero-order valence-electron chi connectivity index (χ0n) is 12.2. The van der Waals surface area contributed by atoms with Gasteiger partial charge in [-0.3, -0.25) is 4.79 Å². The number of carbonyl (C=O) groups excluding carboxylic acids is 2. The second-order valence-corrected chi connectivity index (χ2v) is 6.42. The van der Waals surface area contributed by atoms with Gasteiger partial charge in [0.25, 0.3) is 11.7 Å². The van der Waals surface area contributed by atoms with E-state index >= 15 is 0 Å². The van der Waals surface area contributed by atoms with Gasteiger partial charge >= 0.3 is 5.97 Å². The number of hydrogen-bond donors (Lipinski definition) is 1. The summed E-state index contributed by atoms with van der Waals surface area (Å²) in [6.07, 6.45) is 0. The highest BCUT2D eigenvalue weighted by atomic mass is 79.9. The van der Waals surface area contributed by atoms with Gasteiger partial charge in [0.2, 0.25) is 0 Å². The number of halogens is 3. The lowest BCUT2D eigenvalue weighted by atomic mass is 10.2. The SMILES string of the molecule is O=C(COC(=O)c1ccc(SC(F)F)cc1)Nc1ccccc1Br. The predicted molar refractivity (Wildman–Crippen MR) is 91.4 cm³/mol. The average Bonchev–Trinajstić information content (AvgIpc) is 2.55. The number of thioether (sulfide) groups is 1. The van der Waals surface area contributed by atoms with Gasteiger partial charge in [0.05, 0.1) is 11.3 Å². The monoisotopic (exact) mass is 415 g/mol. The second-order valence-electron chi connectivity index (χ2n) is 4.51. The quantitative estimate of drug-likeness (QED) is 0.554. The first kappa shape index (κ1) is 18.4. The van der Waals surface area contributed by atoms with Gasteiger partial charge in [-0.05, 0) is 52.3 Å².